The molecule has 1 unspecified atom stereocenters. The van der Waals surface area contributed by atoms with Crippen LogP contribution in [0.4, 0.5) is 0 Å². The van der Waals surface area contributed by atoms with Gasteiger partial charge in [-0.15, -0.1) is 0 Å². The summed E-state index contributed by atoms with van der Waals surface area (Å²) in [7, 11) is 0. The molecule has 0 spiro atoms. The molecule has 3 nitrogen and oxygen atoms in total. The summed E-state index contributed by atoms with van der Waals surface area (Å²) in [6.07, 6.45) is -0.0498. The van der Waals surface area contributed by atoms with Gasteiger partial charge in [0.05, 0.1) is 0 Å². The number of nitrogens with two attached hydrogens (primary N) is 1. The second-order valence-electron chi connectivity index (χ2n) is 2.24. The molecule has 0 radical (unpaired) electrons. The largest absolute Gasteiger partial charge is 0.452 e. The molecule has 0 aliphatic heterocycles. The van der Waals surface area contributed by atoms with E-state index in [2.05, 4.69) is 15.9 Å². The third kappa shape index (κ3) is 2.32. The lowest BCUT2D eigenvalue weighted by molar-refractivity contribution is 0.141. The van der Waals surface area contributed by atoms with Gasteiger partial charge >= 0.3 is 0 Å². The Hall–Kier alpha value is -0.320. The highest BCUT2D eigenvalue weighted by atomic mass is 79.9. The molecule has 0 fully saturated rings. The molecule has 1 rings (SSSR count). The average Bonchev–Trinajstić information content (AvgIpc) is 2.36. The van der Waals surface area contributed by atoms with E-state index in [4.69, 9.17) is 10.2 Å². The Morgan fingerprint density at radius 3 is 2.82 bits per heavy atom. The van der Waals surface area contributed by atoms with Crippen LogP contribution >= 0.6 is 15.9 Å². The molecule has 1 heterocycles. The third-order valence-corrected chi connectivity index (χ3v) is 1.79. The van der Waals surface area contributed by atoms with E-state index in [1.54, 1.807) is 12.1 Å². The van der Waals surface area contributed by atoms with Gasteiger partial charge in [0.2, 0.25) is 0 Å². The molecular weight excluding hydrogens is 210 g/mol. The Balaban J connectivity index is 2.60. The quantitative estimate of drug-likeness (QED) is 0.809. The number of hydrogen-bond donors (Lipinski definition) is 2. The van der Waals surface area contributed by atoms with Gasteiger partial charge in [0.15, 0.2) is 4.67 Å². The summed E-state index contributed by atoms with van der Waals surface area (Å²) in [6, 6.07) is 3.47. The SMILES string of the molecule is NCCC(O)c1ccc(Br)o1. The van der Waals surface area contributed by atoms with E-state index in [-0.39, 0.29) is 0 Å². The lowest BCUT2D eigenvalue weighted by Crippen LogP contribution is -2.05. The van der Waals surface area contributed by atoms with E-state index in [1.807, 2.05) is 0 Å². The fourth-order valence-corrected chi connectivity index (χ4v) is 1.13. The zero-order valence-electron chi connectivity index (χ0n) is 5.96. The summed E-state index contributed by atoms with van der Waals surface area (Å²) in [4.78, 5) is 0. The van der Waals surface area contributed by atoms with E-state index in [0.29, 0.717) is 23.4 Å². The predicted octanol–water partition coefficient (Wildman–Crippen LogP) is 1.42. The molecule has 62 valence electrons. The lowest BCUT2D eigenvalue weighted by Gasteiger charge is -2.03. The molecule has 1 aromatic heterocycles. The Kier molecular flexibility index (Phi) is 3.11. The van der Waals surface area contributed by atoms with Crippen LogP contribution in [0.3, 0.4) is 0 Å². The number of aliphatic hydroxyl groups excluding tert-OH is 1. The van der Waals surface area contributed by atoms with Gasteiger partial charge in [-0.25, -0.2) is 0 Å². The van der Waals surface area contributed by atoms with Crippen LogP contribution in [0.1, 0.15) is 18.3 Å². The minimum atomic E-state index is -0.578. The van der Waals surface area contributed by atoms with Gasteiger partial charge in [-0.2, -0.15) is 0 Å². The lowest BCUT2D eigenvalue weighted by atomic mass is 10.2. The summed E-state index contributed by atoms with van der Waals surface area (Å²) in [5.74, 6) is 0.558. The summed E-state index contributed by atoms with van der Waals surface area (Å²) in [5.41, 5.74) is 5.26. The number of halogens is 1. The molecular formula is C7H10BrNO2. The van der Waals surface area contributed by atoms with Crippen LogP contribution in [-0.4, -0.2) is 11.7 Å². The second kappa shape index (κ2) is 3.90. The van der Waals surface area contributed by atoms with Crippen molar-refractivity contribution >= 4 is 15.9 Å². The van der Waals surface area contributed by atoms with Crippen LogP contribution < -0.4 is 5.73 Å². The highest BCUT2D eigenvalue weighted by molar-refractivity contribution is 9.10. The minimum absolute atomic E-state index is 0.458. The number of hydrogen-bond acceptors (Lipinski definition) is 3. The van der Waals surface area contributed by atoms with Gasteiger partial charge in [0, 0.05) is 0 Å². The second-order valence-corrected chi connectivity index (χ2v) is 3.02. The number of aliphatic hydroxyl groups is 1. The molecule has 1 atom stereocenters. The predicted molar refractivity (Wildman–Crippen MR) is 45.0 cm³/mol. The highest BCUT2D eigenvalue weighted by Gasteiger charge is 2.09. The van der Waals surface area contributed by atoms with Gasteiger partial charge in [0.1, 0.15) is 11.9 Å². The Morgan fingerprint density at radius 2 is 2.36 bits per heavy atom. The van der Waals surface area contributed by atoms with E-state index >= 15 is 0 Å². The summed E-state index contributed by atoms with van der Waals surface area (Å²) >= 11 is 3.14. The van der Waals surface area contributed by atoms with Gasteiger partial charge in [-0.1, -0.05) is 0 Å². The van der Waals surface area contributed by atoms with E-state index in [1.165, 1.54) is 0 Å². The van der Waals surface area contributed by atoms with Crippen LogP contribution in [-0.2, 0) is 0 Å². The zero-order chi connectivity index (χ0) is 8.27. The van der Waals surface area contributed by atoms with Crippen molar-refractivity contribution in [1.82, 2.24) is 0 Å². The van der Waals surface area contributed by atoms with Crippen molar-refractivity contribution in [3.05, 3.63) is 22.6 Å². The fourth-order valence-electron chi connectivity index (χ4n) is 0.807. The van der Waals surface area contributed by atoms with Crippen molar-refractivity contribution in [2.75, 3.05) is 6.54 Å². The highest BCUT2D eigenvalue weighted by Crippen LogP contribution is 2.21. The first-order chi connectivity index (χ1) is 5.24. The minimum Gasteiger partial charge on any atom is -0.452 e. The fraction of sp³-hybridized carbons (Fsp3) is 0.429. The van der Waals surface area contributed by atoms with Gasteiger partial charge < -0.3 is 15.3 Å². The maximum atomic E-state index is 9.34. The standard InChI is InChI=1S/C7H10BrNO2/c8-7-2-1-6(11-7)5(10)3-4-9/h1-2,5,10H,3-4,9H2. The first kappa shape index (κ1) is 8.77. The molecule has 0 aromatic carbocycles. The van der Waals surface area contributed by atoms with Crippen LogP contribution in [0.25, 0.3) is 0 Å². The zero-order valence-corrected chi connectivity index (χ0v) is 7.54. The van der Waals surface area contributed by atoms with Crippen molar-refractivity contribution in [3.63, 3.8) is 0 Å². The Labute approximate surface area is 73.3 Å². The summed E-state index contributed by atoms with van der Waals surface area (Å²) in [6.45, 7) is 0.458. The molecule has 0 aliphatic carbocycles. The molecule has 0 aliphatic rings. The van der Waals surface area contributed by atoms with Crippen molar-refractivity contribution < 1.29 is 9.52 Å². The van der Waals surface area contributed by atoms with Gasteiger partial charge in [-0.3, -0.25) is 0 Å². The molecule has 3 N–H and O–H groups in total. The van der Waals surface area contributed by atoms with E-state index < -0.39 is 6.10 Å². The molecule has 1 aromatic rings. The average molecular weight is 220 g/mol. The van der Waals surface area contributed by atoms with Crippen molar-refractivity contribution in [2.45, 2.75) is 12.5 Å². The van der Waals surface area contributed by atoms with Crippen LogP contribution in [0, 0.1) is 0 Å². The van der Waals surface area contributed by atoms with Crippen LogP contribution in [0.5, 0.6) is 0 Å². The smallest absolute Gasteiger partial charge is 0.169 e. The van der Waals surface area contributed by atoms with Crippen molar-refractivity contribution in [1.29, 1.82) is 0 Å². The first-order valence-electron chi connectivity index (χ1n) is 3.37. The van der Waals surface area contributed by atoms with Crippen LogP contribution in [0.15, 0.2) is 21.2 Å². The van der Waals surface area contributed by atoms with Crippen molar-refractivity contribution in [3.8, 4) is 0 Å². The van der Waals surface area contributed by atoms with E-state index in [0.717, 1.165) is 0 Å². The normalized spacial score (nSPS) is 13.4. The number of rotatable bonds is 3. The van der Waals surface area contributed by atoms with E-state index in [9.17, 15) is 5.11 Å². The Morgan fingerprint density at radius 1 is 1.64 bits per heavy atom. The van der Waals surface area contributed by atoms with Crippen LogP contribution in [0.2, 0.25) is 0 Å². The van der Waals surface area contributed by atoms with Gasteiger partial charge in [-0.05, 0) is 41.0 Å². The monoisotopic (exact) mass is 219 g/mol. The molecule has 4 heteroatoms. The molecule has 0 amide bonds. The summed E-state index contributed by atoms with van der Waals surface area (Å²) in [5, 5.41) is 9.34. The molecule has 0 saturated carbocycles. The summed E-state index contributed by atoms with van der Waals surface area (Å²) < 4.78 is 5.74. The molecule has 0 saturated heterocycles. The van der Waals surface area contributed by atoms with Gasteiger partial charge in [0.25, 0.3) is 0 Å². The number of furan rings is 1. The Bertz CT molecular complexity index is 224. The maximum Gasteiger partial charge on any atom is 0.169 e. The first-order valence-corrected chi connectivity index (χ1v) is 4.16. The molecule has 0 bridgehead atoms. The maximum absolute atomic E-state index is 9.34. The topological polar surface area (TPSA) is 59.4 Å². The van der Waals surface area contributed by atoms with Crippen molar-refractivity contribution in [2.24, 2.45) is 5.73 Å². The third-order valence-electron chi connectivity index (χ3n) is 1.36. The molecule has 11 heavy (non-hydrogen) atoms.